The van der Waals surface area contributed by atoms with Gasteiger partial charge in [-0.15, -0.1) is 0 Å². The third-order valence-electron chi connectivity index (χ3n) is 6.68. The van der Waals surface area contributed by atoms with Gasteiger partial charge in [0.25, 0.3) is 0 Å². The summed E-state index contributed by atoms with van der Waals surface area (Å²) in [5.41, 5.74) is 8.29. The number of benzene rings is 2. The molecule has 0 unspecified atom stereocenters. The Bertz CT molecular complexity index is 1240. The minimum Gasteiger partial charge on any atom is -0.368 e. The summed E-state index contributed by atoms with van der Waals surface area (Å²) in [4.78, 5) is 9.53. The number of halogens is 1. The van der Waals surface area contributed by atoms with Gasteiger partial charge < -0.3 is 19.5 Å². The van der Waals surface area contributed by atoms with Gasteiger partial charge in [-0.3, -0.25) is 0 Å². The lowest BCUT2D eigenvalue weighted by atomic mass is 10.1. The van der Waals surface area contributed by atoms with Crippen LogP contribution < -0.4 is 15.1 Å². The number of anilines is 2. The first-order valence-corrected chi connectivity index (χ1v) is 12.1. The van der Waals surface area contributed by atoms with Gasteiger partial charge in [-0.1, -0.05) is 25.1 Å². The van der Waals surface area contributed by atoms with E-state index in [0.717, 1.165) is 62.7 Å². The molecule has 5 nitrogen and oxygen atoms in total. The van der Waals surface area contributed by atoms with E-state index in [9.17, 15) is 4.39 Å². The smallest absolute Gasteiger partial charge is 0.137 e. The summed E-state index contributed by atoms with van der Waals surface area (Å²) in [7, 11) is 0. The maximum Gasteiger partial charge on any atom is 0.137 e. The molecule has 34 heavy (non-hydrogen) atoms. The van der Waals surface area contributed by atoms with Crippen LogP contribution in [0.25, 0.3) is 5.65 Å². The number of aryl methyl sites for hydroxylation is 2. The van der Waals surface area contributed by atoms with Gasteiger partial charge in [0.05, 0.1) is 11.4 Å². The van der Waals surface area contributed by atoms with Gasteiger partial charge in [0.2, 0.25) is 0 Å². The molecule has 0 spiro atoms. The predicted octanol–water partition coefficient (Wildman–Crippen LogP) is 4.96. The Morgan fingerprint density at radius 3 is 2.06 bits per heavy atom. The molecule has 0 bridgehead atoms. The number of hydrogen-bond acceptors (Lipinski definition) is 4. The molecule has 176 valence electrons. The molecule has 3 heterocycles. The molecule has 2 aromatic carbocycles. The minimum atomic E-state index is -0.184. The SMILES string of the molecule is CCc1nc2ccc(C)cn2c1CNCc1ccc(N2CCN(c3ccc(F)cc3)CC2)cc1. The van der Waals surface area contributed by atoms with Crippen molar-refractivity contribution < 1.29 is 4.39 Å². The number of hydrogen-bond donors (Lipinski definition) is 1. The highest BCUT2D eigenvalue weighted by atomic mass is 19.1. The van der Waals surface area contributed by atoms with Crippen LogP contribution in [0.15, 0.2) is 66.9 Å². The van der Waals surface area contributed by atoms with Crippen molar-refractivity contribution in [2.45, 2.75) is 33.4 Å². The number of fused-ring (bicyclic) bond motifs is 1. The van der Waals surface area contributed by atoms with Crippen LogP contribution in [0, 0.1) is 12.7 Å². The van der Waals surface area contributed by atoms with Crippen LogP contribution in [-0.4, -0.2) is 35.6 Å². The van der Waals surface area contributed by atoms with E-state index in [1.165, 1.54) is 34.6 Å². The molecule has 2 aromatic heterocycles. The van der Waals surface area contributed by atoms with E-state index in [0.29, 0.717) is 0 Å². The lowest BCUT2D eigenvalue weighted by molar-refractivity contribution is 0.624. The van der Waals surface area contributed by atoms with Crippen molar-refractivity contribution in [3.05, 3.63) is 95.2 Å². The summed E-state index contributed by atoms with van der Waals surface area (Å²) in [6, 6.07) is 19.9. The van der Waals surface area contributed by atoms with Crippen LogP contribution in [-0.2, 0) is 19.5 Å². The summed E-state index contributed by atoms with van der Waals surface area (Å²) in [5.74, 6) is -0.184. The molecule has 1 saturated heterocycles. The number of pyridine rings is 1. The quantitative estimate of drug-likeness (QED) is 0.426. The molecule has 5 rings (SSSR count). The van der Waals surface area contributed by atoms with Crippen LogP contribution in [0.2, 0.25) is 0 Å². The lowest BCUT2D eigenvalue weighted by Gasteiger charge is -2.37. The van der Waals surface area contributed by atoms with E-state index < -0.39 is 0 Å². The van der Waals surface area contributed by atoms with Crippen LogP contribution in [0.5, 0.6) is 0 Å². The zero-order valence-corrected chi connectivity index (χ0v) is 20.0. The standard InChI is InChI=1S/C28H32FN5/c1-3-26-27(34-20-21(2)4-13-28(34)31-26)19-30-18-22-5-9-24(10-6-22)32-14-16-33(17-15-32)25-11-7-23(29)8-12-25/h4-13,20,30H,3,14-19H2,1-2H3. The van der Waals surface area contributed by atoms with Gasteiger partial charge in [0.15, 0.2) is 0 Å². The van der Waals surface area contributed by atoms with Crippen molar-refractivity contribution in [1.29, 1.82) is 0 Å². The zero-order valence-electron chi connectivity index (χ0n) is 20.0. The minimum absolute atomic E-state index is 0.184. The van der Waals surface area contributed by atoms with Crippen molar-refractivity contribution in [2.24, 2.45) is 0 Å². The maximum absolute atomic E-state index is 13.2. The van der Waals surface area contributed by atoms with E-state index in [-0.39, 0.29) is 5.82 Å². The molecule has 1 fully saturated rings. The topological polar surface area (TPSA) is 35.8 Å². The predicted molar refractivity (Wildman–Crippen MR) is 137 cm³/mol. The van der Waals surface area contributed by atoms with Gasteiger partial charge in [0, 0.05) is 56.8 Å². The van der Waals surface area contributed by atoms with E-state index in [4.69, 9.17) is 4.98 Å². The molecule has 0 amide bonds. The molecule has 1 aliphatic heterocycles. The van der Waals surface area contributed by atoms with Gasteiger partial charge in [-0.2, -0.15) is 0 Å². The molecular weight excluding hydrogens is 425 g/mol. The molecule has 6 heteroatoms. The van der Waals surface area contributed by atoms with Crippen molar-refractivity contribution in [2.75, 3.05) is 36.0 Å². The van der Waals surface area contributed by atoms with Crippen LogP contribution in [0.4, 0.5) is 15.8 Å². The van der Waals surface area contributed by atoms with Gasteiger partial charge >= 0.3 is 0 Å². The van der Waals surface area contributed by atoms with Gasteiger partial charge in [-0.05, 0) is 66.9 Å². The van der Waals surface area contributed by atoms with Crippen molar-refractivity contribution in [3.63, 3.8) is 0 Å². The molecule has 0 aliphatic carbocycles. The molecular formula is C28H32FN5. The van der Waals surface area contributed by atoms with E-state index in [1.54, 1.807) is 0 Å². The second-order valence-electron chi connectivity index (χ2n) is 9.01. The Hall–Kier alpha value is -3.38. The van der Waals surface area contributed by atoms with Crippen LogP contribution in [0.3, 0.4) is 0 Å². The van der Waals surface area contributed by atoms with E-state index in [1.807, 2.05) is 12.1 Å². The average molecular weight is 458 g/mol. The van der Waals surface area contributed by atoms with Crippen LogP contribution >= 0.6 is 0 Å². The van der Waals surface area contributed by atoms with Gasteiger partial charge in [-0.25, -0.2) is 9.37 Å². The summed E-state index contributed by atoms with van der Waals surface area (Å²) < 4.78 is 15.4. The highest BCUT2D eigenvalue weighted by Crippen LogP contribution is 2.22. The summed E-state index contributed by atoms with van der Waals surface area (Å²) in [6.07, 6.45) is 3.10. The summed E-state index contributed by atoms with van der Waals surface area (Å²) in [5, 5.41) is 3.61. The maximum atomic E-state index is 13.2. The summed E-state index contributed by atoms with van der Waals surface area (Å²) in [6.45, 7) is 9.69. The Balaban J connectivity index is 1.16. The summed E-state index contributed by atoms with van der Waals surface area (Å²) >= 11 is 0. The molecule has 0 atom stereocenters. The first-order valence-electron chi connectivity index (χ1n) is 12.1. The van der Waals surface area contributed by atoms with E-state index in [2.05, 4.69) is 76.0 Å². The van der Waals surface area contributed by atoms with E-state index >= 15 is 0 Å². The largest absolute Gasteiger partial charge is 0.368 e. The number of aromatic nitrogens is 2. The highest BCUT2D eigenvalue weighted by molar-refractivity contribution is 5.52. The zero-order chi connectivity index (χ0) is 23.5. The first kappa shape index (κ1) is 22.4. The fourth-order valence-electron chi connectivity index (χ4n) is 4.74. The second kappa shape index (κ2) is 9.85. The third kappa shape index (κ3) is 4.77. The first-order chi connectivity index (χ1) is 16.6. The molecule has 1 aliphatic rings. The van der Waals surface area contributed by atoms with Crippen molar-refractivity contribution >= 4 is 17.0 Å². The van der Waals surface area contributed by atoms with Crippen LogP contribution in [0.1, 0.15) is 29.4 Å². The number of nitrogens with one attached hydrogen (secondary N) is 1. The highest BCUT2D eigenvalue weighted by Gasteiger charge is 2.17. The Kier molecular flexibility index (Phi) is 6.50. The molecule has 4 aromatic rings. The fraction of sp³-hybridized carbons (Fsp3) is 0.321. The number of imidazole rings is 1. The Morgan fingerprint density at radius 1 is 0.824 bits per heavy atom. The monoisotopic (exact) mass is 457 g/mol. The third-order valence-corrected chi connectivity index (χ3v) is 6.68. The Labute approximate surface area is 200 Å². The fourth-order valence-corrected chi connectivity index (χ4v) is 4.74. The van der Waals surface area contributed by atoms with Crippen molar-refractivity contribution in [3.8, 4) is 0 Å². The number of piperazine rings is 1. The number of rotatable bonds is 7. The second-order valence-corrected chi connectivity index (χ2v) is 9.01. The van der Waals surface area contributed by atoms with Gasteiger partial charge in [0.1, 0.15) is 11.5 Å². The average Bonchev–Trinajstić information content (AvgIpc) is 3.22. The lowest BCUT2D eigenvalue weighted by Crippen LogP contribution is -2.46. The Morgan fingerprint density at radius 2 is 1.44 bits per heavy atom. The molecule has 0 radical (unpaired) electrons. The number of nitrogens with zero attached hydrogens (tertiary/aromatic N) is 4. The molecule has 1 N–H and O–H groups in total. The normalized spacial score (nSPS) is 14.2. The molecule has 0 saturated carbocycles. The van der Waals surface area contributed by atoms with Crippen molar-refractivity contribution in [1.82, 2.24) is 14.7 Å².